The van der Waals surface area contributed by atoms with Crippen LogP contribution in [0.15, 0.2) is 0 Å². The molecule has 1 aromatic rings. The topological polar surface area (TPSA) is 16.1 Å². The molecule has 0 atom stereocenters. The van der Waals surface area contributed by atoms with Crippen LogP contribution in [-0.4, -0.2) is 18.1 Å². The SMILES string of the molecule is CCCCCCCN(CC)c1nc(C)sc1C. The third-order valence-corrected chi connectivity index (χ3v) is 3.97. The van der Waals surface area contributed by atoms with Crippen molar-refractivity contribution in [1.82, 2.24) is 4.98 Å². The number of nitrogens with zero attached hydrogens (tertiary/aromatic N) is 2. The number of hydrogen-bond acceptors (Lipinski definition) is 3. The van der Waals surface area contributed by atoms with E-state index >= 15 is 0 Å². The quantitative estimate of drug-likeness (QED) is 0.632. The Balaban J connectivity index is 2.40. The van der Waals surface area contributed by atoms with E-state index in [-0.39, 0.29) is 0 Å². The summed E-state index contributed by atoms with van der Waals surface area (Å²) < 4.78 is 0. The zero-order valence-electron chi connectivity index (χ0n) is 11.8. The Morgan fingerprint density at radius 3 is 2.29 bits per heavy atom. The normalized spacial score (nSPS) is 10.8. The molecule has 17 heavy (non-hydrogen) atoms. The van der Waals surface area contributed by atoms with Gasteiger partial charge in [-0.05, 0) is 27.2 Å². The number of aryl methyl sites for hydroxylation is 2. The Morgan fingerprint density at radius 1 is 1.06 bits per heavy atom. The zero-order chi connectivity index (χ0) is 12.7. The first-order valence-electron chi connectivity index (χ1n) is 6.88. The third kappa shape index (κ3) is 4.66. The molecule has 1 aromatic heterocycles. The van der Waals surface area contributed by atoms with Gasteiger partial charge in [0, 0.05) is 18.0 Å². The summed E-state index contributed by atoms with van der Waals surface area (Å²) in [4.78, 5) is 8.42. The van der Waals surface area contributed by atoms with E-state index in [4.69, 9.17) is 0 Å². The third-order valence-electron chi connectivity index (χ3n) is 3.09. The molecule has 1 rings (SSSR count). The van der Waals surface area contributed by atoms with Crippen LogP contribution in [0.3, 0.4) is 0 Å². The van der Waals surface area contributed by atoms with Crippen molar-refractivity contribution in [1.29, 1.82) is 0 Å². The van der Waals surface area contributed by atoms with Crippen molar-refractivity contribution in [3.8, 4) is 0 Å². The molecule has 0 aromatic carbocycles. The van der Waals surface area contributed by atoms with Gasteiger partial charge in [0.2, 0.25) is 0 Å². The summed E-state index contributed by atoms with van der Waals surface area (Å²) in [5.74, 6) is 1.21. The van der Waals surface area contributed by atoms with Gasteiger partial charge in [0.1, 0.15) is 5.82 Å². The maximum atomic E-state index is 4.64. The molecule has 2 nitrogen and oxygen atoms in total. The van der Waals surface area contributed by atoms with Crippen molar-refractivity contribution in [3.63, 3.8) is 0 Å². The van der Waals surface area contributed by atoms with Gasteiger partial charge < -0.3 is 4.90 Å². The van der Waals surface area contributed by atoms with Crippen molar-refractivity contribution in [2.24, 2.45) is 0 Å². The van der Waals surface area contributed by atoms with Gasteiger partial charge in [-0.15, -0.1) is 11.3 Å². The fraction of sp³-hybridized carbons (Fsp3) is 0.786. The first-order valence-corrected chi connectivity index (χ1v) is 7.69. The molecule has 0 aliphatic heterocycles. The molecule has 0 aliphatic rings. The lowest BCUT2D eigenvalue weighted by Crippen LogP contribution is -2.24. The maximum Gasteiger partial charge on any atom is 0.142 e. The minimum atomic E-state index is 1.07. The molecule has 0 saturated carbocycles. The van der Waals surface area contributed by atoms with Gasteiger partial charge in [-0.3, -0.25) is 0 Å². The van der Waals surface area contributed by atoms with Crippen LogP contribution in [0, 0.1) is 13.8 Å². The monoisotopic (exact) mass is 254 g/mol. The second-order valence-electron chi connectivity index (χ2n) is 4.61. The average Bonchev–Trinajstić information content (AvgIpc) is 2.63. The van der Waals surface area contributed by atoms with Crippen LogP contribution in [0.4, 0.5) is 5.82 Å². The number of unbranched alkanes of at least 4 members (excludes halogenated alkanes) is 4. The lowest BCUT2D eigenvalue weighted by atomic mass is 10.1. The number of aromatic nitrogens is 1. The predicted molar refractivity (Wildman–Crippen MR) is 78.2 cm³/mol. The molecular weight excluding hydrogens is 228 g/mol. The molecule has 0 saturated heterocycles. The smallest absolute Gasteiger partial charge is 0.142 e. The van der Waals surface area contributed by atoms with Crippen LogP contribution in [0.25, 0.3) is 0 Å². The Bertz CT molecular complexity index is 320. The van der Waals surface area contributed by atoms with Gasteiger partial charge in [0.25, 0.3) is 0 Å². The van der Waals surface area contributed by atoms with E-state index in [1.807, 2.05) is 11.3 Å². The Kier molecular flexibility index (Phi) is 6.56. The molecule has 0 bridgehead atoms. The minimum absolute atomic E-state index is 1.07. The van der Waals surface area contributed by atoms with Gasteiger partial charge in [-0.1, -0.05) is 32.6 Å². The van der Waals surface area contributed by atoms with E-state index in [0.29, 0.717) is 0 Å². The molecule has 0 amide bonds. The molecule has 0 fully saturated rings. The fourth-order valence-corrected chi connectivity index (χ4v) is 2.97. The lowest BCUT2D eigenvalue weighted by molar-refractivity contribution is 0.619. The van der Waals surface area contributed by atoms with E-state index in [0.717, 1.165) is 13.1 Å². The van der Waals surface area contributed by atoms with Crippen molar-refractivity contribution < 1.29 is 0 Å². The molecular formula is C14H26N2S. The number of anilines is 1. The lowest BCUT2D eigenvalue weighted by Gasteiger charge is -2.21. The second kappa shape index (κ2) is 7.70. The molecule has 3 heteroatoms. The number of rotatable bonds is 8. The Labute approximate surface area is 110 Å². The first-order chi connectivity index (χ1) is 8.19. The van der Waals surface area contributed by atoms with E-state index in [9.17, 15) is 0 Å². The summed E-state index contributed by atoms with van der Waals surface area (Å²) in [5, 5.41) is 1.18. The highest BCUT2D eigenvalue weighted by molar-refractivity contribution is 7.12. The van der Waals surface area contributed by atoms with Crippen LogP contribution in [0.5, 0.6) is 0 Å². The number of thiazole rings is 1. The van der Waals surface area contributed by atoms with E-state index in [1.165, 1.54) is 47.8 Å². The standard InChI is InChI=1S/C14H26N2S/c1-5-7-8-9-10-11-16(6-2)14-12(3)17-13(4)15-14/h5-11H2,1-4H3. The summed E-state index contributed by atoms with van der Waals surface area (Å²) in [7, 11) is 0. The van der Waals surface area contributed by atoms with Crippen LogP contribution in [0.1, 0.15) is 55.8 Å². The Hall–Kier alpha value is -0.570. The van der Waals surface area contributed by atoms with Crippen molar-refractivity contribution in [2.75, 3.05) is 18.0 Å². The maximum absolute atomic E-state index is 4.64. The number of hydrogen-bond donors (Lipinski definition) is 0. The summed E-state index contributed by atoms with van der Waals surface area (Å²) in [6, 6.07) is 0. The minimum Gasteiger partial charge on any atom is -0.356 e. The molecule has 0 N–H and O–H groups in total. The van der Waals surface area contributed by atoms with Gasteiger partial charge in [-0.25, -0.2) is 4.98 Å². The molecule has 0 spiro atoms. The van der Waals surface area contributed by atoms with E-state index in [2.05, 4.69) is 37.6 Å². The van der Waals surface area contributed by atoms with E-state index in [1.54, 1.807) is 0 Å². The zero-order valence-corrected chi connectivity index (χ0v) is 12.6. The van der Waals surface area contributed by atoms with Crippen molar-refractivity contribution in [2.45, 2.75) is 59.8 Å². The molecule has 98 valence electrons. The molecule has 0 unspecified atom stereocenters. The van der Waals surface area contributed by atoms with E-state index < -0.39 is 0 Å². The van der Waals surface area contributed by atoms with Crippen molar-refractivity contribution in [3.05, 3.63) is 9.88 Å². The highest BCUT2D eigenvalue weighted by Gasteiger charge is 2.11. The molecule has 0 radical (unpaired) electrons. The van der Waals surface area contributed by atoms with Crippen molar-refractivity contribution >= 4 is 17.2 Å². The van der Waals surface area contributed by atoms with Gasteiger partial charge in [0.15, 0.2) is 0 Å². The fourth-order valence-electron chi connectivity index (χ4n) is 2.13. The summed E-state index contributed by atoms with van der Waals surface area (Å²) in [5.41, 5.74) is 0. The van der Waals surface area contributed by atoms with Crippen LogP contribution in [0.2, 0.25) is 0 Å². The average molecular weight is 254 g/mol. The largest absolute Gasteiger partial charge is 0.356 e. The predicted octanol–water partition coefficient (Wildman–Crippen LogP) is 4.56. The summed E-state index contributed by atoms with van der Waals surface area (Å²) in [6.07, 6.45) is 6.72. The second-order valence-corrected chi connectivity index (χ2v) is 6.01. The summed E-state index contributed by atoms with van der Waals surface area (Å²) >= 11 is 1.81. The van der Waals surface area contributed by atoms with Gasteiger partial charge in [-0.2, -0.15) is 0 Å². The van der Waals surface area contributed by atoms with Crippen LogP contribution < -0.4 is 4.90 Å². The highest BCUT2D eigenvalue weighted by Crippen LogP contribution is 2.25. The first kappa shape index (κ1) is 14.5. The molecule has 1 heterocycles. The summed E-state index contributed by atoms with van der Waals surface area (Å²) in [6.45, 7) is 11.0. The van der Waals surface area contributed by atoms with Gasteiger partial charge >= 0.3 is 0 Å². The molecule has 0 aliphatic carbocycles. The Morgan fingerprint density at radius 2 is 1.76 bits per heavy atom. The van der Waals surface area contributed by atoms with Crippen LogP contribution >= 0.6 is 11.3 Å². The van der Waals surface area contributed by atoms with Gasteiger partial charge in [0.05, 0.1) is 5.01 Å². The highest BCUT2D eigenvalue weighted by atomic mass is 32.1. The van der Waals surface area contributed by atoms with Crippen LogP contribution in [-0.2, 0) is 0 Å².